The van der Waals surface area contributed by atoms with Crippen molar-refractivity contribution < 1.29 is 4.79 Å². The van der Waals surface area contributed by atoms with E-state index in [2.05, 4.69) is 46.3 Å². The maximum Gasteiger partial charge on any atom is 0.224 e. The minimum absolute atomic E-state index is 0.202. The lowest BCUT2D eigenvalue weighted by molar-refractivity contribution is -0.127. The first-order chi connectivity index (χ1) is 13.7. The molecular formula is C24H37N3O. The first kappa shape index (κ1) is 19.9. The van der Waals surface area contributed by atoms with E-state index < -0.39 is 0 Å². The van der Waals surface area contributed by atoms with Crippen LogP contribution in [0.2, 0.25) is 0 Å². The number of rotatable bonds is 6. The Bertz CT molecular complexity index is 628. The second-order valence-electron chi connectivity index (χ2n) is 9.08. The first-order valence-corrected chi connectivity index (χ1v) is 11.6. The summed E-state index contributed by atoms with van der Waals surface area (Å²) >= 11 is 0. The molecule has 0 aromatic heterocycles. The van der Waals surface area contributed by atoms with Crippen LogP contribution in [-0.2, 0) is 17.6 Å². The molecule has 3 aliphatic rings. The van der Waals surface area contributed by atoms with E-state index in [-0.39, 0.29) is 5.92 Å². The summed E-state index contributed by atoms with van der Waals surface area (Å²) in [4.78, 5) is 17.9. The zero-order chi connectivity index (χ0) is 19.3. The van der Waals surface area contributed by atoms with Crippen molar-refractivity contribution in [3.63, 3.8) is 0 Å². The molecule has 4 nitrogen and oxygen atoms in total. The molecule has 2 saturated heterocycles. The molecule has 28 heavy (non-hydrogen) atoms. The van der Waals surface area contributed by atoms with Gasteiger partial charge in [-0.25, -0.2) is 0 Å². The van der Waals surface area contributed by atoms with Crippen molar-refractivity contribution in [1.82, 2.24) is 15.1 Å². The van der Waals surface area contributed by atoms with Gasteiger partial charge in [-0.2, -0.15) is 0 Å². The SMILES string of the molecule is CCCCNC(=O)C1CCCN(C2CCN(C3Cc4ccccc4C3)CC2)C1. The van der Waals surface area contributed by atoms with Crippen molar-refractivity contribution in [2.24, 2.45) is 5.92 Å². The van der Waals surface area contributed by atoms with Crippen LogP contribution in [0.5, 0.6) is 0 Å². The number of carbonyl (C=O) groups is 1. The van der Waals surface area contributed by atoms with E-state index in [9.17, 15) is 4.79 Å². The van der Waals surface area contributed by atoms with Gasteiger partial charge in [-0.1, -0.05) is 37.6 Å². The van der Waals surface area contributed by atoms with Gasteiger partial charge in [0.1, 0.15) is 0 Å². The second-order valence-corrected chi connectivity index (χ2v) is 9.08. The van der Waals surface area contributed by atoms with Crippen LogP contribution in [-0.4, -0.2) is 60.5 Å². The Morgan fingerprint density at radius 3 is 2.39 bits per heavy atom. The van der Waals surface area contributed by atoms with Crippen molar-refractivity contribution in [1.29, 1.82) is 0 Å². The molecule has 1 amide bonds. The average molecular weight is 384 g/mol. The third kappa shape index (κ3) is 4.60. The molecule has 2 heterocycles. The number of benzene rings is 1. The van der Waals surface area contributed by atoms with E-state index in [1.54, 1.807) is 11.1 Å². The van der Waals surface area contributed by atoms with Gasteiger partial charge in [0.2, 0.25) is 5.91 Å². The first-order valence-electron chi connectivity index (χ1n) is 11.6. The van der Waals surface area contributed by atoms with Crippen molar-refractivity contribution >= 4 is 5.91 Å². The molecule has 0 bridgehead atoms. The van der Waals surface area contributed by atoms with Gasteiger partial charge in [-0.3, -0.25) is 14.6 Å². The van der Waals surface area contributed by atoms with Gasteiger partial charge >= 0.3 is 0 Å². The van der Waals surface area contributed by atoms with Gasteiger partial charge in [-0.05, 0) is 75.7 Å². The van der Waals surface area contributed by atoms with Gasteiger partial charge in [0, 0.05) is 25.2 Å². The predicted octanol–water partition coefficient (Wildman–Crippen LogP) is 3.25. The lowest BCUT2D eigenvalue weighted by Crippen LogP contribution is -2.52. The Morgan fingerprint density at radius 1 is 1.00 bits per heavy atom. The monoisotopic (exact) mass is 383 g/mol. The molecule has 154 valence electrons. The number of hydrogen-bond donors (Lipinski definition) is 1. The zero-order valence-electron chi connectivity index (χ0n) is 17.5. The summed E-state index contributed by atoms with van der Waals surface area (Å²) in [6.45, 7) is 7.59. The Labute approximate surface area is 170 Å². The number of nitrogens with one attached hydrogen (secondary N) is 1. The van der Waals surface area contributed by atoms with Crippen LogP contribution in [0.15, 0.2) is 24.3 Å². The highest BCUT2D eigenvalue weighted by Crippen LogP contribution is 2.29. The van der Waals surface area contributed by atoms with E-state index in [0.29, 0.717) is 18.0 Å². The normalized spacial score (nSPS) is 25.0. The molecule has 2 aliphatic heterocycles. The quantitative estimate of drug-likeness (QED) is 0.766. The van der Waals surface area contributed by atoms with Crippen LogP contribution in [0, 0.1) is 5.92 Å². The summed E-state index contributed by atoms with van der Waals surface area (Å²) in [5, 5.41) is 3.16. The molecule has 1 aromatic rings. The maximum atomic E-state index is 12.5. The Hall–Kier alpha value is -1.39. The van der Waals surface area contributed by atoms with Crippen molar-refractivity contribution in [2.75, 3.05) is 32.7 Å². The fourth-order valence-electron chi connectivity index (χ4n) is 5.49. The molecule has 2 fully saturated rings. The van der Waals surface area contributed by atoms with Gasteiger partial charge < -0.3 is 5.32 Å². The fourth-order valence-corrected chi connectivity index (χ4v) is 5.49. The third-order valence-electron chi connectivity index (χ3n) is 7.21. The van der Waals surface area contributed by atoms with Crippen molar-refractivity contribution in [2.45, 2.75) is 70.4 Å². The van der Waals surface area contributed by atoms with Gasteiger partial charge in [0.25, 0.3) is 0 Å². The summed E-state index contributed by atoms with van der Waals surface area (Å²) in [5.41, 5.74) is 3.12. The number of hydrogen-bond acceptors (Lipinski definition) is 3. The van der Waals surface area contributed by atoms with E-state index in [0.717, 1.165) is 32.4 Å². The number of carbonyl (C=O) groups excluding carboxylic acids is 1. The Kier molecular flexibility index (Phi) is 6.69. The molecule has 0 saturated carbocycles. The molecular weight excluding hydrogens is 346 g/mol. The summed E-state index contributed by atoms with van der Waals surface area (Å²) < 4.78 is 0. The molecule has 0 spiro atoms. The molecule has 1 N–H and O–H groups in total. The number of nitrogens with zero attached hydrogens (tertiary/aromatic N) is 2. The Balaban J connectivity index is 1.24. The molecule has 4 heteroatoms. The summed E-state index contributed by atoms with van der Waals surface area (Å²) in [7, 11) is 0. The number of amides is 1. The largest absolute Gasteiger partial charge is 0.356 e. The molecule has 1 unspecified atom stereocenters. The molecule has 4 rings (SSSR count). The number of unbranched alkanes of at least 4 members (excludes halogenated alkanes) is 1. The summed E-state index contributed by atoms with van der Waals surface area (Å²) in [5.74, 6) is 0.493. The lowest BCUT2D eigenvalue weighted by Gasteiger charge is -2.43. The van der Waals surface area contributed by atoms with Crippen LogP contribution < -0.4 is 5.32 Å². The minimum atomic E-state index is 0.202. The smallest absolute Gasteiger partial charge is 0.224 e. The van der Waals surface area contributed by atoms with Gasteiger partial charge in [0.15, 0.2) is 0 Å². The number of likely N-dealkylation sites (tertiary alicyclic amines) is 2. The standard InChI is InChI=1S/C24H37N3O/c1-2-3-12-25-24(28)21-9-6-13-27(18-21)22-10-14-26(15-11-22)23-16-19-7-4-5-8-20(19)17-23/h4-5,7-8,21-23H,2-3,6,9-18H2,1H3,(H,25,28). The van der Waals surface area contributed by atoms with Gasteiger partial charge in [0.05, 0.1) is 5.92 Å². The van der Waals surface area contributed by atoms with Crippen molar-refractivity contribution in [3.8, 4) is 0 Å². The van der Waals surface area contributed by atoms with E-state index in [1.165, 1.54) is 51.7 Å². The van der Waals surface area contributed by atoms with Crippen molar-refractivity contribution in [3.05, 3.63) is 35.4 Å². The van der Waals surface area contributed by atoms with Crippen LogP contribution in [0.4, 0.5) is 0 Å². The molecule has 0 radical (unpaired) electrons. The minimum Gasteiger partial charge on any atom is -0.356 e. The predicted molar refractivity (Wildman–Crippen MR) is 114 cm³/mol. The molecule has 1 aromatic carbocycles. The van der Waals surface area contributed by atoms with Crippen LogP contribution in [0.25, 0.3) is 0 Å². The number of fused-ring (bicyclic) bond motifs is 1. The molecule has 1 aliphatic carbocycles. The highest BCUT2D eigenvalue weighted by molar-refractivity contribution is 5.78. The van der Waals surface area contributed by atoms with Crippen LogP contribution in [0.3, 0.4) is 0 Å². The highest BCUT2D eigenvalue weighted by Gasteiger charge is 2.34. The second kappa shape index (κ2) is 9.41. The van der Waals surface area contributed by atoms with E-state index >= 15 is 0 Å². The number of piperidine rings is 2. The lowest BCUT2D eigenvalue weighted by atomic mass is 9.92. The van der Waals surface area contributed by atoms with E-state index in [4.69, 9.17) is 0 Å². The molecule has 1 atom stereocenters. The van der Waals surface area contributed by atoms with Gasteiger partial charge in [-0.15, -0.1) is 0 Å². The Morgan fingerprint density at radius 2 is 1.71 bits per heavy atom. The highest BCUT2D eigenvalue weighted by atomic mass is 16.1. The fraction of sp³-hybridized carbons (Fsp3) is 0.708. The topological polar surface area (TPSA) is 35.6 Å². The van der Waals surface area contributed by atoms with E-state index in [1.807, 2.05) is 0 Å². The van der Waals surface area contributed by atoms with Crippen LogP contribution in [0.1, 0.15) is 56.6 Å². The third-order valence-corrected chi connectivity index (χ3v) is 7.21. The summed E-state index contributed by atoms with van der Waals surface area (Å²) in [6, 6.07) is 10.4. The van der Waals surface area contributed by atoms with Crippen LogP contribution >= 0.6 is 0 Å². The maximum absolute atomic E-state index is 12.5. The average Bonchev–Trinajstić information content (AvgIpc) is 3.18. The summed E-state index contributed by atoms with van der Waals surface area (Å²) in [6.07, 6.45) is 9.44. The zero-order valence-corrected chi connectivity index (χ0v) is 17.5.